The van der Waals surface area contributed by atoms with Crippen molar-refractivity contribution in [1.29, 1.82) is 0 Å². The van der Waals surface area contributed by atoms with Crippen LogP contribution in [0.5, 0.6) is 17.2 Å². The molecule has 31 heavy (non-hydrogen) atoms. The van der Waals surface area contributed by atoms with Gasteiger partial charge in [-0.3, -0.25) is 0 Å². The highest BCUT2D eigenvalue weighted by Crippen LogP contribution is 2.28. The lowest BCUT2D eigenvalue weighted by Gasteiger charge is -2.14. The molecular weight excluding hydrogens is 457 g/mol. The van der Waals surface area contributed by atoms with Gasteiger partial charge in [0.25, 0.3) is 0 Å². The second-order valence-corrected chi connectivity index (χ2v) is 8.16. The second-order valence-electron chi connectivity index (χ2n) is 6.91. The number of rotatable bonds is 10. The predicted molar refractivity (Wildman–Crippen MR) is 127 cm³/mol. The van der Waals surface area contributed by atoms with Crippen LogP contribution in [0.3, 0.4) is 0 Å². The third-order valence-electron chi connectivity index (χ3n) is 4.75. The summed E-state index contributed by atoms with van der Waals surface area (Å²) in [6.07, 6.45) is 0.848. The fourth-order valence-electron chi connectivity index (χ4n) is 3.11. The van der Waals surface area contributed by atoms with Gasteiger partial charge in [-0.15, -0.1) is 0 Å². The highest BCUT2D eigenvalue weighted by Gasteiger charge is 2.08. The van der Waals surface area contributed by atoms with Gasteiger partial charge in [-0.1, -0.05) is 46.9 Å². The van der Waals surface area contributed by atoms with Crippen LogP contribution in [-0.4, -0.2) is 20.8 Å². The molecule has 7 heteroatoms. The van der Waals surface area contributed by atoms with Crippen LogP contribution in [0.4, 0.5) is 0 Å². The van der Waals surface area contributed by atoms with Crippen LogP contribution < -0.4 is 19.5 Å². The van der Waals surface area contributed by atoms with Gasteiger partial charge in [0.05, 0.1) is 24.3 Å². The smallest absolute Gasteiger partial charge is 0.160 e. The Hall–Kier alpha value is -2.11. The van der Waals surface area contributed by atoms with Crippen molar-refractivity contribution in [3.05, 3.63) is 86.4 Å². The first-order chi connectivity index (χ1) is 15.0. The summed E-state index contributed by atoms with van der Waals surface area (Å²) in [6.45, 7) is 1.80. The summed E-state index contributed by atoms with van der Waals surface area (Å²) in [5, 5.41) is 5.15. The lowest BCUT2D eigenvalue weighted by molar-refractivity contribution is 0.302. The summed E-state index contributed by atoms with van der Waals surface area (Å²) in [7, 11) is 3.27. The van der Waals surface area contributed by atoms with E-state index in [2.05, 4.69) is 5.32 Å². The van der Waals surface area contributed by atoms with Gasteiger partial charge in [-0.2, -0.15) is 0 Å². The molecule has 0 aromatic heterocycles. The summed E-state index contributed by atoms with van der Waals surface area (Å²) < 4.78 is 16.7. The van der Waals surface area contributed by atoms with E-state index >= 15 is 0 Å². The van der Waals surface area contributed by atoms with E-state index in [4.69, 9.17) is 49.0 Å². The summed E-state index contributed by atoms with van der Waals surface area (Å²) in [5.74, 6) is 2.23. The quantitative estimate of drug-likeness (QED) is 0.333. The molecule has 0 spiro atoms. The zero-order chi connectivity index (χ0) is 22.2. The average molecular weight is 481 g/mol. The van der Waals surface area contributed by atoms with Crippen molar-refractivity contribution in [2.75, 3.05) is 20.8 Å². The Morgan fingerprint density at radius 2 is 1.48 bits per heavy atom. The fourth-order valence-corrected chi connectivity index (χ4v) is 3.62. The number of methoxy groups -OCH3 is 2. The van der Waals surface area contributed by atoms with Crippen LogP contribution in [0, 0.1) is 0 Å². The Kier molecular flexibility index (Phi) is 8.73. The highest BCUT2D eigenvalue weighted by molar-refractivity contribution is 6.42. The molecule has 0 amide bonds. The minimum absolute atomic E-state index is 0.386. The van der Waals surface area contributed by atoms with E-state index in [-0.39, 0.29) is 0 Å². The van der Waals surface area contributed by atoms with Crippen molar-refractivity contribution in [1.82, 2.24) is 5.32 Å². The summed E-state index contributed by atoms with van der Waals surface area (Å²) in [5.41, 5.74) is 3.09. The summed E-state index contributed by atoms with van der Waals surface area (Å²) in [6, 6.07) is 17.0. The van der Waals surface area contributed by atoms with Gasteiger partial charge in [0.1, 0.15) is 12.4 Å². The first kappa shape index (κ1) is 23.6. The van der Waals surface area contributed by atoms with E-state index in [1.165, 1.54) is 0 Å². The van der Waals surface area contributed by atoms with Crippen molar-refractivity contribution in [3.63, 3.8) is 0 Å². The van der Waals surface area contributed by atoms with E-state index in [0.29, 0.717) is 28.2 Å². The zero-order valence-corrected chi connectivity index (χ0v) is 19.7. The zero-order valence-electron chi connectivity index (χ0n) is 17.4. The van der Waals surface area contributed by atoms with Gasteiger partial charge in [-0.25, -0.2) is 0 Å². The molecule has 3 rings (SSSR count). The molecule has 0 saturated carbocycles. The van der Waals surface area contributed by atoms with Crippen LogP contribution in [0.15, 0.2) is 54.6 Å². The monoisotopic (exact) mass is 479 g/mol. The summed E-state index contributed by atoms with van der Waals surface area (Å²) >= 11 is 18.3. The van der Waals surface area contributed by atoms with Gasteiger partial charge in [0.15, 0.2) is 11.5 Å². The minimum Gasteiger partial charge on any atom is -0.493 e. The molecule has 3 aromatic carbocycles. The number of nitrogens with one attached hydrogen (secondary N) is 1. The molecule has 0 aliphatic carbocycles. The molecule has 0 saturated heterocycles. The predicted octanol–water partition coefficient (Wildman–Crippen LogP) is 6.58. The Morgan fingerprint density at radius 3 is 2.23 bits per heavy atom. The topological polar surface area (TPSA) is 39.7 Å². The van der Waals surface area contributed by atoms with Crippen molar-refractivity contribution in [2.24, 2.45) is 0 Å². The van der Waals surface area contributed by atoms with Crippen LogP contribution >= 0.6 is 34.8 Å². The van der Waals surface area contributed by atoms with Crippen molar-refractivity contribution < 1.29 is 14.2 Å². The normalized spacial score (nSPS) is 10.7. The molecule has 0 atom stereocenters. The molecule has 3 aromatic rings. The Bertz CT molecular complexity index is 1030. The number of hydrogen-bond acceptors (Lipinski definition) is 4. The average Bonchev–Trinajstić information content (AvgIpc) is 2.78. The first-order valence-electron chi connectivity index (χ1n) is 9.77. The molecule has 0 bridgehead atoms. The van der Waals surface area contributed by atoms with Crippen LogP contribution in [0.25, 0.3) is 0 Å². The van der Waals surface area contributed by atoms with Gasteiger partial charge >= 0.3 is 0 Å². The third kappa shape index (κ3) is 6.68. The standard InChI is InChI=1S/C24H24Cl3NO3/c1-29-23-7-4-16(12-24(23)30-2)9-10-28-14-18-13-19(25)5-8-22(18)31-15-17-3-6-20(26)21(27)11-17/h3-8,11-13,28H,9-10,14-15H2,1-2H3. The second kappa shape index (κ2) is 11.5. The van der Waals surface area contributed by atoms with Gasteiger partial charge < -0.3 is 19.5 Å². The van der Waals surface area contributed by atoms with Gasteiger partial charge in [0, 0.05) is 17.1 Å². The van der Waals surface area contributed by atoms with E-state index in [0.717, 1.165) is 46.9 Å². The molecule has 0 radical (unpaired) electrons. The van der Waals surface area contributed by atoms with E-state index in [1.807, 2.05) is 42.5 Å². The lowest BCUT2D eigenvalue weighted by atomic mass is 10.1. The Morgan fingerprint density at radius 1 is 0.742 bits per heavy atom. The molecule has 164 valence electrons. The van der Waals surface area contributed by atoms with E-state index in [9.17, 15) is 0 Å². The number of benzene rings is 3. The van der Waals surface area contributed by atoms with E-state index in [1.54, 1.807) is 26.4 Å². The van der Waals surface area contributed by atoms with Gasteiger partial charge in [0.2, 0.25) is 0 Å². The molecule has 0 aliphatic rings. The number of hydrogen-bond donors (Lipinski definition) is 1. The first-order valence-corrected chi connectivity index (χ1v) is 10.9. The number of halogens is 3. The van der Waals surface area contributed by atoms with Crippen molar-refractivity contribution in [2.45, 2.75) is 19.6 Å². The van der Waals surface area contributed by atoms with Crippen LogP contribution in [0.2, 0.25) is 15.1 Å². The molecule has 4 nitrogen and oxygen atoms in total. The molecule has 0 heterocycles. The lowest BCUT2D eigenvalue weighted by Crippen LogP contribution is -2.17. The molecule has 1 N–H and O–H groups in total. The number of ether oxygens (including phenoxy) is 3. The molecule has 0 aliphatic heterocycles. The maximum atomic E-state index is 6.20. The summed E-state index contributed by atoms with van der Waals surface area (Å²) in [4.78, 5) is 0. The largest absolute Gasteiger partial charge is 0.493 e. The Balaban J connectivity index is 1.57. The molecule has 0 fully saturated rings. The molecular formula is C24H24Cl3NO3. The van der Waals surface area contributed by atoms with E-state index < -0.39 is 0 Å². The van der Waals surface area contributed by atoms with Gasteiger partial charge in [-0.05, 0) is 66.6 Å². The third-order valence-corrected chi connectivity index (χ3v) is 5.73. The SMILES string of the molecule is COc1ccc(CCNCc2cc(Cl)ccc2OCc2ccc(Cl)c(Cl)c2)cc1OC. The molecule has 0 unspecified atom stereocenters. The Labute approximate surface area is 198 Å². The minimum atomic E-state index is 0.386. The fraction of sp³-hybridized carbons (Fsp3) is 0.250. The van der Waals surface area contributed by atoms with Crippen LogP contribution in [0.1, 0.15) is 16.7 Å². The maximum Gasteiger partial charge on any atom is 0.160 e. The van der Waals surface area contributed by atoms with Crippen molar-refractivity contribution in [3.8, 4) is 17.2 Å². The maximum absolute atomic E-state index is 6.20. The van der Waals surface area contributed by atoms with Crippen LogP contribution in [-0.2, 0) is 19.6 Å². The highest BCUT2D eigenvalue weighted by atomic mass is 35.5. The van der Waals surface area contributed by atoms with Crippen molar-refractivity contribution >= 4 is 34.8 Å².